The minimum Gasteiger partial charge on any atom is -0.493 e. The van der Waals surface area contributed by atoms with Crippen LogP contribution < -0.4 is 19.5 Å². The molecule has 0 spiro atoms. The van der Waals surface area contributed by atoms with Crippen LogP contribution in [-0.4, -0.2) is 44.8 Å². The Kier molecular flexibility index (Phi) is 6.17. The summed E-state index contributed by atoms with van der Waals surface area (Å²) in [6.45, 7) is 5.56. The first-order valence-electron chi connectivity index (χ1n) is 8.35. The van der Waals surface area contributed by atoms with E-state index in [1.54, 1.807) is 21.3 Å². The van der Waals surface area contributed by atoms with Crippen molar-refractivity contribution in [3.8, 4) is 17.2 Å². The molecule has 6 nitrogen and oxygen atoms in total. The van der Waals surface area contributed by atoms with Gasteiger partial charge in [-0.3, -0.25) is 0 Å². The summed E-state index contributed by atoms with van der Waals surface area (Å²) in [6.07, 6.45) is 2.15. The predicted molar refractivity (Wildman–Crippen MR) is 92.9 cm³/mol. The fraction of sp³-hybridized carbons (Fsp3) is 0.611. The molecule has 0 unspecified atom stereocenters. The molecule has 134 valence electrons. The summed E-state index contributed by atoms with van der Waals surface area (Å²) >= 11 is 0. The highest BCUT2D eigenvalue weighted by molar-refractivity contribution is 5.75. The Morgan fingerprint density at radius 2 is 1.83 bits per heavy atom. The van der Waals surface area contributed by atoms with Gasteiger partial charge in [-0.05, 0) is 36.5 Å². The number of urea groups is 1. The van der Waals surface area contributed by atoms with Gasteiger partial charge in [0.1, 0.15) is 0 Å². The third kappa shape index (κ3) is 3.86. The van der Waals surface area contributed by atoms with E-state index in [2.05, 4.69) is 19.2 Å². The maximum absolute atomic E-state index is 12.5. The summed E-state index contributed by atoms with van der Waals surface area (Å²) in [7, 11) is 4.73. The molecule has 6 heteroatoms. The molecule has 2 amide bonds. The third-order valence-electron chi connectivity index (χ3n) is 4.50. The van der Waals surface area contributed by atoms with Crippen molar-refractivity contribution >= 4 is 6.03 Å². The molecule has 24 heavy (non-hydrogen) atoms. The Labute approximate surface area is 144 Å². The molecule has 0 aromatic heterocycles. The fourth-order valence-corrected chi connectivity index (χ4v) is 3.25. The summed E-state index contributed by atoms with van der Waals surface area (Å²) in [6, 6.07) is 4.02. The van der Waals surface area contributed by atoms with E-state index in [-0.39, 0.29) is 6.03 Å². The number of amides is 2. The molecule has 2 rings (SSSR count). The Morgan fingerprint density at radius 3 is 2.33 bits per heavy atom. The molecule has 0 bridgehead atoms. The molecule has 1 aromatic rings. The number of ether oxygens (including phenoxy) is 3. The van der Waals surface area contributed by atoms with Crippen LogP contribution in [0.15, 0.2) is 12.1 Å². The Morgan fingerprint density at radius 1 is 1.21 bits per heavy atom. The topological polar surface area (TPSA) is 60.0 Å². The lowest BCUT2D eigenvalue weighted by atomic mass is 10.0. The lowest BCUT2D eigenvalue weighted by Crippen LogP contribution is -2.44. The van der Waals surface area contributed by atoms with Crippen molar-refractivity contribution in [1.29, 1.82) is 0 Å². The zero-order valence-electron chi connectivity index (χ0n) is 15.2. The highest BCUT2D eigenvalue weighted by atomic mass is 16.5. The molecule has 0 aliphatic carbocycles. The summed E-state index contributed by atoms with van der Waals surface area (Å²) in [5.74, 6) is 2.19. The van der Waals surface area contributed by atoms with Gasteiger partial charge in [-0.1, -0.05) is 13.8 Å². The molecule has 1 fully saturated rings. The molecule has 1 aromatic carbocycles. The van der Waals surface area contributed by atoms with Gasteiger partial charge in [0.25, 0.3) is 0 Å². The summed E-state index contributed by atoms with van der Waals surface area (Å²) < 4.78 is 16.0. The summed E-state index contributed by atoms with van der Waals surface area (Å²) in [5.41, 5.74) is 0.901. The smallest absolute Gasteiger partial charge is 0.317 e. The standard InChI is InChI=1S/C18H28N2O4/c1-12(2)14-7-6-8-20(14)18(21)19-11-13-9-15(22-3)17(24-5)16(10-13)23-4/h9-10,12,14H,6-8,11H2,1-5H3,(H,19,21)/t14-/m0/s1. The van der Waals surface area contributed by atoms with Gasteiger partial charge in [0, 0.05) is 19.1 Å². The lowest BCUT2D eigenvalue weighted by molar-refractivity contribution is 0.178. The van der Waals surface area contributed by atoms with Crippen LogP contribution >= 0.6 is 0 Å². The molecule has 1 atom stereocenters. The first-order chi connectivity index (χ1) is 11.5. The predicted octanol–water partition coefficient (Wildman–Crippen LogP) is 3.04. The average Bonchev–Trinajstić information content (AvgIpc) is 3.08. The largest absolute Gasteiger partial charge is 0.493 e. The van der Waals surface area contributed by atoms with Crippen molar-refractivity contribution in [3.63, 3.8) is 0 Å². The minimum atomic E-state index is -0.0139. The van der Waals surface area contributed by atoms with Crippen LogP contribution in [0.2, 0.25) is 0 Å². The number of benzene rings is 1. The second-order valence-electron chi connectivity index (χ2n) is 6.34. The molecule has 1 aliphatic heterocycles. The maximum Gasteiger partial charge on any atom is 0.317 e. The quantitative estimate of drug-likeness (QED) is 0.867. The second-order valence-corrected chi connectivity index (χ2v) is 6.34. The molecular weight excluding hydrogens is 308 g/mol. The van der Waals surface area contributed by atoms with Gasteiger partial charge in [0.15, 0.2) is 11.5 Å². The van der Waals surface area contributed by atoms with Crippen LogP contribution in [0.3, 0.4) is 0 Å². The van der Waals surface area contributed by atoms with Crippen LogP contribution in [0.1, 0.15) is 32.3 Å². The highest BCUT2D eigenvalue weighted by Crippen LogP contribution is 2.38. The number of nitrogens with one attached hydrogen (secondary N) is 1. The van der Waals surface area contributed by atoms with Gasteiger partial charge in [0.05, 0.1) is 21.3 Å². The monoisotopic (exact) mass is 336 g/mol. The molecular formula is C18H28N2O4. The normalized spacial score (nSPS) is 17.1. The highest BCUT2D eigenvalue weighted by Gasteiger charge is 2.30. The number of carbonyl (C=O) groups is 1. The lowest BCUT2D eigenvalue weighted by Gasteiger charge is -2.28. The van der Waals surface area contributed by atoms with Crippen molar-refractivity contribution in [2.75, 3.05) is 27.9 Å². The van der Waals surface area contributed by atoms with Crippen molar-refractivity contribution in [2.45, 2.75) is 39.3 Å². The maximum atomic E-state index is 12.5. The number of nitrogens with zero attached hydrogens (tertiary/aromatic N) is 1. The van der Waals surface area contributed by atoms with E-state index in [0.717, 1.165) is 24.9 Å². The number of hydrogen-bond donors (Lipinski definition) is 1. The Bertz CT molecular complexity index is 549. The zero-order chi connectivity index (χ0) is 17.7. The van der Waals surface area contributed by atoms with Crippen LogP contribution in [0.4, 0.5) is 4.79 Å². The van der Waals surface area contributed by atoms with Gasteiger partial charge in [-0.15, -0.1) is 0 Å². The van der Waals surface area contributed by atoms with Crippen molar-refractivity contribution in [3.05, 3.63) is 17.7 Å². The fourth-order valence-electron chi connectivity index (χ4n) is 3.25. The minimum absolute atomic E-state index is 0.0139. The van der Waals surface area contributed by atoms with Gasteiger partial charge in [-0.25, -0.2) is 4.79 Å². The van der Waals surface area contributed by atoms with E-state index in [4.69, 9.17) is 14.2 Å². The van der Waals surface area contributed by atoms with Crippen LogP contribution in [-0.2, 0) is 6.54 Å². The number of carbonyl (C=O) groups excluding carboxylic acids is 1. The van der Waals surface area contributed by atoms with E-state index >= 15 is 0 Å². The summed E-state index contributed by atoms with van der Waals surface area (Å²) in [4.78, 5) is 14.4. The van der Waals surface area contributed by atoms with E-state index in [0.29, 0.717) is 35.8 Å². The molecule has 0 radical (unpaired) electrons. The van der Waals surface area contributed by atoms with E-state index in [1.807, 2.05) is 17.0 Å². The van der Waals surface area contributed by atoms with Crippen LogP contribution in [0.25, 0.3) is 0 Å². The molecule has 1 heterocycles. The van der Waals surface area contributed by atoms with Gasteiger partial charge >= 0.3 is 6.03 Å². The number of hydrogen-bond acceptors (Lipinski definition) is 4. The Balaban J connectivity index is 2.07. The van der Waals surface area contributed by atoms with Gasteiger partial charge in [-0.2, -0.15) is 0 Å². The van der Waals surface area contributed by atoms with E-state index < -0.39 is 0 Å². The first kappa shape index (κ1) is 18.2. The van der Waals surface area contributed by atoms with Crippen molar-refractivity contribution in [1.82, 2.24) is 10.2 Å². The van der Waals surface area contributed by atoms with Crippen LogP contribution in [0, 0.1) is 5.92 Å². The SMILES string of the molecule is COc1cc(CNC(=O)N2CCC[C@H]2C(C)C)cc(OC)c1OC. The molecule has 1 aliphatic rings. The van der Waals surface area contributed by atoms with Crippen molar-refractivity contribution < 1.29 is 19.0 Å². The molecule has 1 saturated heterocycles. The molecule has 0 saturated carbocycles. The Hall–Kier alpha value is -2.11. The summed E-state index contributed by atoms with van der Waals surface area (Å²) in [5, 5.41) is 3.00. The van der Waals surface area contributed by atoms with Gasteiger partial charge in [0.2, 0.25) is 5.75 Å². The number of likely N-dealkylation sites (tertiary alicyclic amines) is 1. The number of rotatable bonds is 6. The van der Waals surface area contributed by atoms with Crippen molar-refractivity contribution in [2.24, 2.45) is 5.92 Å². The second kappa shape index (κ2) is 8.13. The number of methoxy groups -OCH3 is 3. The van der Waals surface area contributed by atoms with Gasteiger partial charge < -0.3 is 24.4 Å². The molecule has 1 N–H and O–H groups in total. The third-order valence-corrected chi connectivity index (χ3v) is 4.50. The van der Waals surface area contributed by atoms with Crippen LogP contribution in [0.5, 0.6) is 17.2 Å². The first-order valence-corrected chi connectivity index (χ1v) is 8.35. The zero-order valence-corrected chi connectivity index (χ0v) is 15.2. The average molecular weight is 336 g/mol. The van der Waals surface area contributed by atoms with E-state index in [9.17, 15) is 4.79 Å². The van der Waals surface area contributed by atoms with E-state index in [1.165, 1.54) is 0 Å².